The van der Waals surface area contributed by atoms with Gasteiger partial charge < -0.3 is 9.84 Å². The first-order chi connectivity index (χ1) is 14.5. The van der Waals surface area contributed by atoms with Crippen molar-refractivity contribution in [1.29, 1.82) is 0 Å². The third-order valence-electron chi connectivity index (χ3n) is 5.09. The molecule has 1 unspecified atom stereocenters. The van der Waals surface area contributed by atoms with Crippen molar-refractivity contribution in [1.82, 2.24) is 4.98 Å². The molecular weight excluding hydrogens is 380 g/mol. The van der Waals surface area contributed by atoms with Crippen LogP contribution in [0.3, 0.4) is 0 Å². The predicted octanol–water partition coefficient (Wildman–Crippen LogP) is 4.02. The number of methoxy groups -OCH3 is 1. The van der Waals surface area contributed by atoms with Crippen LogP contribution in [0.15, 0.2) is 78.5 Å². The van der Waals surface area contributed by atoms with Crippen molar-refractivity contribution in [3.63, 3.8) is 0 Å². The van der Waals surface area contributed by atoms with Crippen molar-refractivity contribution >= 4 is 23.1 Å². The Morgan fingerprint density at radius 3 is 2.37 bits per heavy atom. The highest BCUT2D eigenvalue weighted by molar-refractivity contribution is 6.51. The van der Waals surface area contributed by atoms with Gasteiger partial charge in [0.2, 0.25) is 0 Å². The minimum Gasteiger partial charge on any atom is -0.507 e. The number of pyridine rings is 1. The van der Waals surface area contributed by atoms with E-state index in [0.717, 1.165) is 5.56 Å². The van der Waals surface area contributed by atoms with E-state index in [1.54, 1.807) is 60.8 Å². The summed E-state index contributed by atoms with van der Waals surface area (Å²) in [6.45, 7) is 1.94. The highest BCUT2D eigenvalue weighted by Gasteiger charge is 2.47. The summed E-state index contributed by atoms with van der Waals surface area (Å²) in [5.74, 6) is -1.38. The van der Waals surface area contributed by atoms with Gasteiger partial charge in [-0.2, -0.15) is 0 Å². The molecule has 1 N–H and O–H groups in total. The van der Waals surface area contributed by atoms with Crippen LogP contribution in [0.5, 0.6) is 5.75 Å². The number of amides is 1. The van der Waals surface area contributed by atoms with E-state index in [1.165, 1.54) is 12.0 Å². The largest absolute Gasteiger partial charge is 0.507 e. The van der Waals surface area contributed by atoms with Gasteiger partial charge in [0, 0.05) is 11.9 Å². The summed E-state index contributed by atoms with van der Waals surface area (Å²) in [5.41, 5.74) is 2.37. The highest BCUT2D eigenvalue weighted by Crippen LogP contribution is 2.42. The number of carbonyl (C=O) groups excluding carboxylic acids is 2. The van der Waals surface area contributed by atoms with Gasteiger partial charge >= 0.3 is 0 Å². The zero-order valence-electron chi connectivity index (χ0n) is 16.6. The molecule has 2 heterocycles. The summed E-state index contributed by atoms with van der Waals surface area (Å²) in [7, 11) is 1.48. The number of ether oxygens (including phenoxy) is 1. The Morgan fingerprint density at radius 2 is 1.70 bits per heavy atom. The number of aliphatic hydroxyl groups is 1. The van der Waals surface area contributed by atoms with E-state index >= 15 is 0 Å². The average molecular weight is 400 g/mol. The van der Waals surface area contributed by atoms with E-state index in [9.17, 15) is 14.7 Å². The highest BCUT2D eigenvalue weighted by atomic mass is 16.5. The lowest BCUT2D eigenvalue weighted by Gasteiger charge is -2.24. The van der Waals surface area contributed by atoms with Crippen LogP contribution in [0.2, 0.25) is 0 Å². The molecule has 1 amide bonds. The molecule has 4 rings (SSSR count). The number of aliphatic hydroxyl groups excluding tert-OH is 1. The number of aromatic nitrogens is 1. The van der Waals surface area contributed by atoms with Crippen molar-refractivity contribution in [3.05, 3.63) is 95.3 Å². The van der Waals surface area contributed by atoms with Gasteiger partial charge in [0.05, 0.1) is 23.9 Å². The van der Waals surface area contributed by atoms with E-state index in [0.29, 0.717) is 22.7 Å². The second-order valence-corrected chi connectivity index (χ2v) is 6.96. The van der Waals surface area contributed by atoms with E-state index < -0.39 is 17.7 Å². The van der Waals surface area contributed by atoms with E-state index in [2.05, 4.69) is 4.98 Å². The predicted molar refractivity (Wildman–Crippen MR) is 113 cm³/mol. The van der Waals surface area contributed by atoms with Crippen molar-refractivity contribution in [2.75, 3.05) is 12.0 Å². The Hall–Kier alpha value is -3.93. The molecule has 0 saturated carbocycles. The van der Waals surface area contributed by atoms with Crippen LogP contribution in [0.1, 0.15) is 22.9 Å². The number of Topliss-reactive ketones (excluding diaryl/α,β-unsaturated/α-hetero) is 1. The normalized spacial score (nSPS) is 17.9. The van der Waals surface area contributed by atoms with Gasteiger partial charge in [-0.3, -0.25) is 19.5 Å². The molecule has 6 nitrogen and oxygen atoms in total. The molecular formula is C24H20N2O4. The van der Waals surface area contributed by atoms with Gasteiger partial charge in [0.15, 0.2) is 0 Å². The van der Waals surface area contributed by atoms with Crippen molar-refractivity contribution in [2.45, 2.75) is 13.0 Å². The minimum atomic E-state index is -0.862. The molecule has 30 heavy (non-hydrogen) atoms. The molecule has 1 atom stereocenters. The second-order valence-electron chi connectivity index (χ2n) is 6.96. The van der Waals surface area contributed by atoms with Gasteiger partial charge in [-0.05, 0) is 43.3 Å². The van der Waals surface area contributed by atoms with Gasteiger partial charge in [-0.1, -0.05) is 35.9 Å². The van der Waals surface area contributed by atoms with Crippen LogP contribution in [0.25, 0.3) is 5.76 Å². The van der Waals surface area contributed by atoms with E-state index in [4.69, 9.17) is 4.74 Å². The maximum Gasteiger partial charge on any atom is 0.300 e. The number of hydrogen-bond donors (Lipinski definition) is 1. The molecule has 1 saturated heterocycles. The van der Waals surface area contributed by atoms with Crippen LogP contribution < -0.4 is 9.64 Å². The Balaban J connectivity index is 1.96. The van der Waals surface area contributed by atoms with Gasteiger partial charge in [-0.25, -0.2) is 0 Å². The molecule has 0 bridgehead atoms. The summed E-state index contributed by atoms with van der Waals surface area (Å²) in [5, 5.41) is 11.1. The number of nitrogens with zero attached hydrogens (tertiary/aromatic N) is 2. The van der Waals surface area contributed by atoms with Crippen molar-refractivity contribution in [2.24, 2.45) is 0 Å². The lowest BCUT2D eigenvalue weighted by atomic mass is 9.97. The van der Waals surface area contributed by atoms with Crippen LogP contribution in [-0.2, 0) is 9.59 Å². The van der Waals surface area contributed by atoms with E-state index in [1.807, 2.05) is 19.1 Å². The molecule has 2 aromatic carbocycles. The number of anilines is 1. The molecule has 0 radical (unpaired) electrons. The maximum atomic E-state index is 13.1. The summed E-state index contributed by atoms with van der Waals surface area (Å²) in [4.78, 5) is 31.9. The third-order valence-corrected chi connectivity index (χ3v) is 5.09. The first-order valence-corrected chi connectivity index (χ1v) is 9.45. The molecule has 3 aromatic rings. The lowest BCUT2D eigenvalue weighted by molar-refractivity contribution is -0.132. The summed E-state index contributed by atoms with van der Waals surface area (Å²) < 4.78 is 5.33. The smallest absolute Gasteiger partial charge is 0.300 e. The second kappa shape index (κ2) is 7.83. The van der Waals surface area contributed by atoms with Gasteiger partial charge in [0.25, 0.3) is 11.7 Å². The SMILES string of the molecule is COc1ccccc1/C(O)=C1/C(=O)C(=O)N(c2ccc(C)cc2)C1c1ccccn1. The molecule has 150 valence electrons. The van der Waals surface area contributed by atoms with Crippen LogP contribution >= 0.6 is 0 Å². The van der Waals surface area contributed by atoms with Crippen LogP contribution in [0, 0.1) is 6.92 Å². The summed E-state index contributed by atoms with van der Waals surface area (Å²) >= 11 is 0. The average Bonchev–Trinajstić information content (AvgIpc) is 3.05. The number of para-hydroxylation sites is 1. The Bertz CT molecular complexity index is 1140. The fraction of sp³-hybridized carbons (Fsp3) is 0.125. The van der Waals surface area contributed by atoms with Crippen LogP contribution in [-0.4, -0.2) is 28.9 Å². The number of carbonyl (C=O) groups is 2. The minimum absolute atomic E-state index is 0.0243. The fourth-order valence-electron chi connectivity index (χ4n) is 3.61. The third kappa shape index (κ3) is 3.22. The fourth-order valence-corrected chi connectivity index (χ4v) is 3.61. The standard InChI is InChI=1S/C24H20N2O4/c1-15-10-12-16(13-11-15)26-21(18-8-5-6-14-25-18)20(23(28)24(26)29)22(27)17-7-3-4-9-19(17)30-2/h3-14,21,27H,1-2H3/b22-20-. The number of benzene rings is 2. The molecule has 1 aromatic heterocycles. The number of ketones is 1. The quantitative estimate of drug-likeness (QED) is 0.406. The molecule has 1 aliphatic rings. The molecule has 6 heteroatoms. The monoisotopic (exact) mass is 400 g/mol. The van der Waals surface area contributed by atoms with E-state index in [-0.39, 0.29) is 11.3 Å². The lowest BCUT2D eigenvalue weighted by Crippen LogP contribution is -2.29. The first kappa shape index (κ1) is 19.4. The van der Waals surface area contributed by atoms with Crippen LogP contribution in [0.4, 0.5) is 5.69 Å². The maximum absolute atomic E-state index is 13.1. The number of aryl methyl sites for hydroxylation is 1. The molecule has 1 fully saturated rings. The Morgan fingerprint density at radius 1 is 1.00 bits per heavy atom. The molecule has 0 aliphatic carbocycles. The first-order valence-electron chi connectivity index (χ1n) is 9.45. The Labute approximate surface area is 174 Å². The summed E-state index contributed by atoms with van der Waals surface area (Å²) in [6, 6.07) is 18.5. The number of rotatable bonds is 4. The zero-order valence-corrected chi connectivity index (χ0v) is 16.6. The summed E-state index contributed by atoms with van der Waals surface area (Å²) in [6.07, 6.45) is 1.59. The van der Waals surface area contributed by atoms with Crippen molar-refractivity contribution in [3.8, 4) is 5.75 Å². The van der Waals surface area contributed by atoms with Crippen molar-refractivity contribution < 1.29 is 19.4 Å². The zero-order chi connectivity index (χ0) is 21.3. The topological polar surface area (TPSA) is 79.7 Å². The Kier molecular flexibility index (Phi) is 5.06. The number of hydrogen-bond acceptors (Lipinski definition) is 5. The molecule has 1 aliphatic heterocycles. The van der Waals surface area contributed by atoms with Gasteiger partial charge in [0.1, 0.15) is 17.6 Å². The van der Waals surface area contributed by atoms with Gasteiger partial charge in [-0.15, -0.1) is 0 Å². The molecule has 0 spiro atoms.